The lowest BCUT2D eigenvalue weighted by atomic mass is 10.1. The fourth-order valence-corrected chi connectivity index (χ4v) is 3.03. The van der Waals surface area contributed by atoms with Crippen LogP contribution in [0.3, 0.4) is 0 Å². The highest BCUT2D eigenvalue weighted by molar-refractivity contribution is 7.13. The molecule has 1 aliphatic heterocycles. The van der Waals surface area contributed by atoms with Crippen molar-refractivity contribution < 1.29 is 19.1 Å². The Kier molecular flexibility index (Phi) is 4.95. The van der Waals surface area contributed by atoms with E-state index in [4.69, 9.17) is 15.2 Å². The van der Waals surface area contributed by atoms with E-state index in [2.05, 4.69) is 10.3 Å². The summed E-state index contributed by atoms with van der Waals surface area (Å²) in [6.07, 6.45) is 0.982. The van der Waals surface area contributed by atoms with Crippen LogP contribution in [-0.4, -0.2) is 30.0 Å². The Labute approximate surface area is 142 Å². The molecule has 8 heteroatoms. The molecule has 24 heavy (non-hydrogen) atoms. The minimum Gasteiger partial charge on any atom is -0.486 e. The molecular weight excluding hydrogens is 330 g/mol. The highest BCUT2D eigenvalue weighted by atomic mass is 32.1. The number of thiazole rings is 1. The van der Waals surface area contributed by atoms with E-state index in [9.17, 15) is 9.59 Å². The Morgan fingerprint density at radius 2 is 2.04 bits per heavy atom. The minimum absolute atomic E-state index is 0.0730. The Balaban J connectivity index is 1.52. The number of ether oxygens (including phenoxy) is 2. The van der Waals surface area contributed by atoms with Crippen molar-refractivity contribution in [3.8, 4) is 11.5 Å². The maximum atomic E-state index is 12.0. The summed E-state index contributed by atoms with van der Waals surface area (Å²) >= 11 is 1.27. The summed E-state index contributed by atoms with van der Waals surface area (Å²) in [6, 6.07) is 5.68. The van der Waals surface area contributed by atoms with Crippen molar-refractivity contribution in [1.82, 2.24) is 4.98 Å². The third kappa shape index (κ3) is 4.23. The molecular formula is C16H17N3O4S. The molecule has 0 radical (unpaired) electrons. The number of hydrogen-bond donors (Lipinski definition) is 2. The largest absolute Gasteiger partial charge is 0.486 e. The third-order valence-electron chi connectivity index (χ3n) is 3.40. The Hall–Kier alpha value is -2.61. The lowest BCUT2D eigenvalue weighted by molar-refractivity contribution is -0.117. The molecule has 7 nitrogen and oxygen atoms in total. The predicted molar refractivity (Wildman–Crippen MR) is 89.4 cm³/mol. The van der Waals surface area contributed by atoms with Crippen LogP contribution in [0.1, 0.15) is 17.7 Å². The van der Waals surface area contributed by atoms with Crippen molar-refractivity contribution in [2.45, 2.75) is 19.3 Å². The van der Waals surface area contributed by atoms with Gasteiger partial charge in [0, 0.05) is 11.8 Å². The molecule has 1 aromatic carbocycles. The summed E-state index contributed by atoms with van der Waals surface area (Å²) in [6.45, 7) is 1.09. The number of rotatable bonds is 6. The van der Waals surface area contributed by atoms with Gasteiger partial charge < -0.3 is 20.5 Å². The smallest absolute Gasteiger partial charge is 0.226 e. The molecule has 0 atom stereocenters. The van der Waals surface area contributed by atoms with Gasteiger partial charge in [-0.05, 0) is 24.1 Å². The highest BCUT2D eigenvalue weighted by Gasteiger charge is 2.13. The monoisotopic (exact) mass is 347 g/mol. The zero-order valence-electron chi connectivity index (χ0n) is 12.9. The third-order valence-corrected chi connectivity index (χ3v) is 4.21. The molecule has 3 rings (SSSR count). The number of primary amides is 1. The number of nitrogens with two attached hydrogens (primary N) is 1. The number of carbonyl (C=O) groups is 2. The summed E-state index contributed by atoms with van der Waals surface area (Å²) < 4.78 is 11.0. The van der Waals surface area contributed by atoms with Gasteiger partial charge in [-0.1, -0.05) is 6.07 Å². The van der Waals surface area contributed by atoms with Crippen LogP contribution in [0.5, 0.6) is 11.5 Å². The second-order valence-corrected chi connectivity index (χ2v) is 6.17. The van der Waals surface area contributed by atoms with Crippen LogP contribution in [0.2, 0.25) is 0 Å². The number of fused-ring (bicyclic) bond motifs is 1. The first-order chi connectivity index (χ1) is 11.6. The van der Waals surface area contributed by atoms with Gasteiger partial charge in [-0.15, -0.1) is 11.3 Å². The summed E-state index contributed by atoms with van der Waals surface area (Å²) in [7, 11) is 0. The van der Waals surface area contributed by atoms with Crippen molar-refractivity contribution in [1.29, 1.82) is 0 Å². The van der Waals surface area contributed by atoms with Crippen LogP contribution in [-0.2, 0) is 22.4 Å². The van der Waals surface area contributed by atoms with Crippen LogP contribution >= 0.6 is 11.3 Å². The van der Waals surface area contributed by atoms with Gasteiger partial charge in [0.05, 0.1) is 12.1 Å². The number of hydrogen-bond acceptors (Lipinski definition) is 6. The Bertz CT molecular complexity index is 760. The van der Waals surface area contributed by atoms with Gasteiger partial charge in [0.2, 0.25) is 11.8 Å². The SMILES string of the molecule is NC(=O)Cc1csc(NC(=O)CCc2ccc3c(c2)OCCO3)n1. The number of benzene rings is 1. The standard InChI is InChI=1S/C16H17N3O4S/c17-14(20)8-11-9-24-16(18-11)19-15(21)4-2-10-1-3-12-13(7-10)23-6-5-22-12/h1,3,7,9H,2,4-6,8H2,(H2,17,20)(H,18,19,21). The number of aryl methyl sites for hydroxylation is 1. The summed E-state index contributed by atoms with van der Waals surface area (Å²) in [5, 5.41) is 4.91. The fourth-order valence-electron chi connectivity index (χ4n) is 2.31. The second kappa shape index (κ2) is 7.31. The molecule has 0 aliphatic carbocycles. The quantitative estimate of drug-likeness (QED) is 0.824. The second-order valence-electron chi connectivity index (χ2n) is 5.31. The molecule has 2 amide bonds. The Morgan fingerprint density at radius 3 is 2.83 bits per heavy atom. The van der Waals surface area contributed by atoms with Crippen molar-refractivity contribution >= 4 is 28.3 Å². The first-order valence-corrected chi connectivity index (χ1v) is 8.39. The normalized spacial score (nSPS) is 12.7. The summed E-state index contributed by atoms with van der Waals surface area (Å²) in [5.74, 6) is 0.871. The lowest BCUT2D eigenvalue weighted by Gasteiger charge is -2.18. The molecule has 0 bridgehead atoms. The van der Waals surface area contributed by atoms with Crippen molar-refractivity contribution in [2.75, 3.05) is 18.5 Å². The predicted octanol–water partition coefficient (Wildman–Crippen LogP) is 1.51. The average Bonchev–Trinajstić information content (AvgIpc) is 2.99. The average molecular weight is 347 g/mol. The van der Waals surface area contributed by atoms with Crippen molar-refractivity contribution in [3.63, 3.8) is 0 Å². The topological polar surface area (TPSA) is 104 Å². The van der Waals surface area contributed by atoms with Gasteiger partial charge in [0.1, 0.15) is 13.2 Å². The minimum atomic E-state index is -0.447. The number of carbonyl (C=O) groups excluding carboxylic acids is 2. The zero-order chi connectivity index (χ0) is 16.9. The molecule has 2 aromatic rings. The number of nitrogens with one attached hydrogen (secondary N) is 1. The van der Waals surface area contributed by atoms with Crippen molar-refractivity contribution in [2.24, 2.45) is 5.73 Å². The molecule has 1 aliphatic rings. The Morgan fingerprint density at radius 1 is 1.25 bits per heavy atom. The molecule has 3 N–H and O–H groups in total. The summed E-state index contributed by atoms with van der Waals surface area (Å²) in [5.41, 5.74) is 6.68. The van der Waals surface area contributed by atoms with Crippen molar-refractivity contribution in [3.05, 3.63) is 34.8 Å². The zero-order valence-corrected chi connectivity index (χ0v) is 13.7. The number of nitrogens with zero attached hydrogens (tertiary/aromatic N) is 1. The van der Waals surface area contributed by atoms with E-state index in [0.717, 1.165) is 17.1 Å². The van der Waals surface area contributed by atoms with E-state index < -0.39 is 5.91 Å². The van der Waals surface area contributed by atoms with E-state index in [1.165, 1.54) is 11.3 Å². The van der Waals surface area contributed by atoms with Crippen LogP contribution in [0.25, 0.3) is 0 Å². The van der Waals surface area contributed by atoms with Gasteiger partial charge >= 0.3 is 0 Å². The van der Waals surface area contributed by atoms with E-state index in [-0.39, 0.29) is 12.3 Å². The molecule has 0 fully saturated rings. The molecule has 0 unspecified atom stereocenters. The number of amides is 2. The van der Waals surface area contributed by atoms with Crippen LogP contribution in [0, 0.1) is 0 Å². The van der Waals surface area contributed by atoms with Gasteiger partial charge in [-0.3, -0.25) is 9.59 Å². The van der Waals surface area contributed by atoms with Crippen LogP contribution < -0.4 is 20.5 Å². The summed E-state index contributed by atoms with van der Waals surface area (Å²) in [4.78, 5) is 27.0. The van der Waals surface area contributed by atoms with Crippen LogP contribution in [0.4, 0.5) is 5.13 Å². The van der Waals surface area contributed by atoms with E-state index in [1.807, 2.05) is 18.2 Å². The molecule has 0 saturated heterocycles. The van der Waals surface area contributed by atoms with Gasteiger partial charge in [-0.25, -0.2) is 4.98 Å². The van der Waals surface area contributed by atoms with E-state index in [0.29, 0.717) is 36.9 Å². The molecule has 126 valence electrons. The van der Waals surface area contributed by atoms with E-state index >= 15 is 0 Å². The molecule has 1 aromatic heterocycles. The fraction of sp³-hybridized carbons (Fsp3) is 0.312. The first-order valence-electron chi connectivity index (χ1n) is 7.51. The molecule has 0 saturated carbocycles. The maximum absolute atomic E-state index is 12.0. The van der Waals surface area contributed by atoms with Crippen LogP contribution in [0.15, 0.2) is 23.6 Å². The number of anilines is 1. The molecule has 0 spiro atoms. The lowest BCUT2D eigenvalue weighted by Crippen LogP contribution is -2.16. The number of aromatic nitrogens is 1. The first kappa shape index (κ1) is 16.3. The van der Waals surface area contributed by atoms with Gasteiger partial charge in [-0.2, -0.15) is 0 Å². The molecule has 2 heterocycles. The van der Waals surface area contributed by atoms with Gasteiger partial charge in [0.15, 0.2) is 16.6 Å². The maximum Gasteiger partial charge on any atom is 0.226 e. The van der Waals surface area contributed by atoms with E-state index in [1.54, 1.807) is 5.38 Å². The van der Waals surface area contributed by atoms with Gasteiger partial charge in [0.25, 0.3) is 0 Å². The highest BCUT2D eigenvalue weighted by Crippen LogP contribution is 2.31.